The maximum atomic E-state index is 6.17. The lowest BCUT2D eigenvalue weighted by molar-refractivity contribution is 0.174. The van der Waals surface area contributed by atoms with Crippen LogP contribution in [-0.4, -0.2) is 13.9 Å². The van der Waals surface area contributed by atoms with Crippen molar-refractivity contribution in [3.8, 4) is 17.2 Å². The van der Waals surface area contributed by atoms with E-state index in [1.54, 1.807) is 7.11 Å². The van der Waals surface area contributed by atoms with Crippen molar-refractivity contribution in [1.82, 2.24) is 5.32 Å². The van der Waals surface area contributed by atoms with Gasteiger partial charge in [-0.3, -0.25) is 0 Å². The normalized spacial score (nSPS) is 12.5. The van der Waals surface area contributed by atoms with Gasteiger partial charge in [0.05, 0.1) is 12.1 Å². The van der Waals surface area contributed by atoms with Gasteiger partial charge in [0, 0.05) is 18.7 Å². The van der Waals surface area contributed by atoms with Gasteiger partial charge in [0.25, 0.3) is 0 Å². The smallest absolute Gasteiger partial charge is 0.231 e. The first-order chi connectivity index (χ1) is 10.3. The van der Waals surface area contributed by atoms with E-state index in [4.69, 9.17) is 25.8 Å². The lowest BCUT2D eigenvalue weighted by Crippen LogP contribution is -2.13. The minimum atomic E-state index is 0.229. The minimum absolute atomic E-state index is 0.229. The van der Waals surface area contributed by atoms with Gasteiger partial charge in [0.2, 0.25) is 6.79 Å². The number of fused-ring (bicyclic) bond motifs is 1. The Hall–Kier alpha value is -1.91. The van der Waals surface area contributed by atoms with Crippen molar-refractivity contribution in [1.29, 1.82) is 0 Å². The number of halogens is 1. The van der Waals surface area contributed by atoms with Crippen LogP contribution in [-0.2, 0) is 13.1 Å². The summed E-state index contributed by atoms with van der Waals surface area (Å²) in [7, 11) is 1.68. The van der Waals surface area contributed by atoms with E-state index in [0.29, 0.717) is 23.1 Å². The lowest BCUT2D eigenvalue weighted by atomic mass is 10.1. The molecule has 21 heavy (non-hydrogen) atoms. The molecule has 0 radical (unpaired) electrons. The molecule has 3 rings (SSSR count). The number of hydrogen-bond acceptors (Lipinski definition) is 4. The Labute approximate surface area is 128 Å². The number of benzene rings is 2. The second-order valence-corrected chi connectivity index (χ2v) is 5.13. The number of para-hydroxylation sites is 1. The van der Waals surface area contributed by atoms with Gasteiger partial charge in [0.15, 0.2) is 11.5 Å². The van der Waals surface area contributed by atoms with Crippen molar-refractivity contribution in [3.63, 3.8) is 0 Å². The molecule has 0 spiro atoms. The van der Waals surface area contributed by atoms with Crippen LogP contribution in [0.4, 0.5) is 0 Å². The predicted molar refractivity (Wildman–Crippen MR) is 81.1 cm³/mol. The monoisotopic (exact) mass is 305 g/mol. The molecule has 0 amide bonds. The van der Waals surface area contributed by atoms with Crippen LogP contribution in [0.1, 0.15) is 11.1 Å². The van der Waals surface area contributed by atoms with Gasteiger partial charge < -0.3 is 19.5 Å². The van der Waals surface area contributed by atoms with Crippen LogP contribution in [0.2, 0.25) is 5.02 Å². The summed E-state index contributed by atoms with van der Waals surface area (Å²) in [6.07, 6.45) is 0. The highest BCUT2D eigenvalue weighted by atomic mass is 35.5. The minimum Gasteiger partial charge on any atom is -0.496 e. The van der Waals surface area contributed by atoms with E-state index >= 15 is 0 Å². The van der Waals surface area contributed by atoms with Crippen LogP contribution in [0.3, 0.4) is 0 Å². The van der Waals surface area contributed by atoms with Gasteiger partial charge in [-0.05, 0) is 23.8 Å². The molecule has 0 fully saturated rings. The van der Waals surface area contributed by atoms with Gasteiger partial charge in [-0.2, -0.15) is 0 Å². The number of hydrogen-bond donors (Lipinski definition) is 1. The van der Waals surface area contributed by atoms with E-state index in [9.17, 15) is 0 Å². The van der Waals surface area contributed by atoms with E-state index in [-0.39, 0.29) is 6.79 Å². The SMILES string of the molecule is COc1ccccc1CNCc1cc(Cl)c2c(c1)OCO2. The summed E-state index contributed by atoms with van der Waals surface area (Å²) in [4.78, 5) is 0. The number of ether oxygens (including phenoxy) is 3. The molecule has 2 aromatic rings. The summed E-state index contributed by atoms with van der Waals surface area (Å²) in [5.41, 5.74) is 2.17. The van der Waals surface area contributed by atoms with Crippen LogP contribution in [0.5, 0.6) is 17.2 Å². The topological polar surface area (TPSA) is 39.7 Å². The molecular weight excluding hydrogens is 290 g/mol. The Bertz CT molecular complexity index is 645. The summed E-state index contributed by atoms with van der Waals surface area (Å²) in [5.74, 6) is 2.22. The summed E-state index contributed by atoms with van der Waals surface area (Å²) in [5, 5.41) is 3.96. The molecule has 0 bridgehead atoms. The summed E-state index contributed by atoms with van der Waals surface area (Å²) >= 11 is 6.17. The second-order valence-electron chi connectivity index (χ2n) is 4.73. The van der Waals surface area contributed by atoms with Crippen molar-refractivity contribution in [2.45, 2.75) is 13.1 Å². The van der Waals surface area contributed by atoms with E-state index in [2.05, 4.69) is 5.32 Å². The quantitative estimate of drug-likeness (QED) is 0.919. The van der Waals surface area contributed by atoms with Gasteiger partial charge in [0.1, 0.15) is 5.75 Å². The van der Waals surface area contributed by atoms with Crippen LogP contribution in [0.25, 0.3) is 0 Å². The maximum Gasteiger partial charge on any atom is 0.231 e. The summed E-state index contributed by atoms with van der Waals surface area (Å²) in [6, 6.07) is 11.8. The highest BCUT2D eigenvalue weighted by Gasteiger charge is 2.18. The Morgan fingerprint density at radius 1 is 1.19 bits per heavy atom. The maximum absolute atomic E-state index is 6.17. The Morgan fingerprint density at radius 3 is 2.90 bits per heavy atom. The third-order valence-corrected chi connectivity index (χ3v) is 3.60. The van der Waals surface area contributed by atoms with Crippen LogP contribution >= 0.6 is 11.6 Å². The fourth-order valence-corrected chi connectivity index (χ4v) is 2.60. The Kier molecular flexibility index (Phi) is 4.18. The zero-order valence-electron chi connectivity index (χ0n) is 11.7. The first-order valence-corrected chi connectivity index (χ1v) is 7.06. The van der Waals surface area contributed by atoms with E-state index in [1.807, 2.05) is 36.4 Å². The van der Waals surface area contributed by atoms with Gasteiger partial charge in [-0.25, -0.2) is 0 Å². The molecule has 4 nitrogen and oxygen atoms in total. The van der Waals surface area contributed by atoms with Crippen molar-refractivity contribution in [2.24, 2.45) is 0 Å². The highest BCUT2D eigenvalue weighted by Crippen LogP contribution is 2.39. The van der Waals surface area contributed by atoms with Crippen molar-refractivity contribution < 1.29 is 14.2 Å². The third kappa shape index (κ3) is 3.06. The van der Waals surface area contributed by atoms with Gasteiger partial charge in [-0.15, -0.1) is 0 Å². The molecule has 5 heteroatoms. The largest absolute Gasteiger partial charge is 0.496 e. The average Bonchev–Trinajstić information content (AvgIpc) is 2.97. The number of methoxy groups -OCH3 is 1. The van der Waals surface area contributed by atoms with E-state index < -0.39 is 0 Å². The van der Waals surface area contributed by atoms with E-state index in [1.165, 1.54) is 0 Å². The average molecular weight is 306 g/mol. The number of rotatable bonds is 5. The fourth-order valence-electron chi connectivity index (χ4n) is 2.31. The van der Waals surface area contributed by atoms with E-state index in [0.717, 1.165) is 23.4 Å². The molecule has 1 heterocycles. The molecule has 110 valence electrons. The molecule has 1 aliphatic rings. The standard InChI is InChI=1S/C16H16ClNO3/c1-19-14-5-3-2-4-12(14)9-18-8-11-6-13(17)16-15(7-11)20-10-21-16/h2-7,18H,8-10H2,1H3. The van der Waals surface area contributed by atoms with Crippen LogP contribution < -0.4 is 19.5 Å². The molecule has 0 atom stereocenters. The molecule has 1 aliphatic heterocycles. The second kappa shape index (κ2) is 6.24. The fraction of sp³-hybridized carbons (Fsp3) is 0.250. The zero-order valence-corrected chi connectivity index (χ0v) is 12.4. The lowest BCUT2D eigenvalue weighted by Gasteiger charge is -2.10. The van der Waals surface area contributed by atoms with Gasteiger partial charge in [-0.1, -0.05) is 29.8 Å². The summed E-state index contributed by atoms with van der Waals surface area (Å²) < 4.78 is 16.0. The first-order valence-electron chi connectivity index (χ1n) is 6.68. The highest BCUT2D eigenvalue weighted by molar-refractivity contribution is 6.32. The molecule has 0 saturated carbocycles. The predicted octanol–water partition coefficient (Wildman–Crippen LogP) is 3.37. The van der Waals surface area contributed by atoms with Crippen molar-refractivity contribution in [3.05, 3.63) is 52.5 Å². The number of nitrogens with one attached hydrogen (secondary N) is 1. The molecule has 0 saturated heterocycles. The summed E-state index contributed by atoms with van der Waals surface area (Å²) in [6.45, 7) is 1.64. The van der Waals surface area contributed by atoms with Crippen molar-refractivity contribution in [2.75, 3.05) is 13.9 Å². The van der Waals surface area contributed by atoms with Crippen LogP contribution in [0, 0.1) is 0 Å². The Balaban J connectivity index is 1.65. The molecule has 1 N–H and O–H groups in total. The zero-order chi connectivity index (χ0) is 14.7. The molecule has 0 aliphatic carbocycles. The molecule has 2 aromatic carbocycles. The molecular formula is C16H16ClNO3. The first kappa shape index (κ1) is 14.0. The third-order valence-electron chi connectivity index (χ3n) is 3.32. The molecule has 0 aromatic heterocycles. The molecule has 0 unspecified atom stereocenters. The Morgan fingerprint density at radius 2 is 2.05 bits per heavy atom. The van der Waals surface area contributed by atoms with Gasteiger partial charge >= 0.3 is 0 Å². The van der Waals surface area contributed by atoms with Crippen LogP contribution in [0.15, 0.2) is 36.4 Å². The van der Waals surface area contributed by atoms with Crippen molar-refractivity contribution >= 4 is 11.6 Å².